The summed E-state index contributed by atoms with van der Waals surface area (Å²) in [5.41, 5.74) is 1.59. The van der Waals surface area contributed by atoms with Gasteiger partial charge in [-0.3, -0.25) is 0 Å². The van der Waals surface area contributed by atoms with Crippen LogP contribution in [0.25, 0.3) is 16.9 Å². The second-order valence-corrected chi connectivity index (χ2v) is 6.47. The first-order chi connectivity index (χ1) is 9.45. The number of rotatable bonds is 2. The molecule has 9 heteroatoms. The van der Waals surface area contributed by atoms with Crippen molar-refractivity contribution in [2.24, 2.45) is 0 Å². The molecule has 0 atom stereocenters. The zero-order valence-corrected chi connectivity index (χ0v) is 11.8. The van der Waals surface area contributed by atoms with Gasteiger partial charge in [0.05, 0.1) is 16.8 Å². The van der Waals surface area contributed by atoms with Crippen LogP contribution in [0.5, 0.6) is 0 Å². The molecule has 0 aliphatic carbocycles. The van der Waals surface area contributed by atoms with Gasteiger partial charge in [-0.05, 0) is 35.9 Å². The molecule has 0 aliphatic heterocycles. The molecule has 2 aromatic heterocycles. The Labute approximate surface area is 119 Å². The van der Waals surface area contributed by atoms with Crippen molar-refractivity contribution in [3.05, 3.63) is 35.7 Å². The minimum atomic E-state index is -3.23. The normalized spacial score (nSPS) is 11.9. The van der Waals surface area contributed by atoms with Crippen LogP contribution in [0.1, 0.15) is 0 Å². The van der Waals surface area contributed by atoms with Crippen molar-refractivity contribution in [2.75, 3.05) is 6.26 Å². The Bertz CT molecular complexity index is 889. The molecule has 20 heavy (non-hydrogen) atoms. The molecule has 0 saturated carbocycles. The van der Waals surface area contributed by atoms with E-state index in [2.05, 4.69) is 20.3 Å². The Morgan fingerprint density at radius 1 is 1.20 bits per heavy atom. The van der Waals surface area contributed by atoms with Crippen molar-refractivity contribution in [1.82, 2.24) is 25.0 Å². The number of hydrogen-bond acceptors (Lipinski definition) is 6. The second-order valence-electron chi connectivity index (χ2n) is 4.12. The molecule has 0 spiro atoms. The topological polar surface area (TPSA) is 90.6 Å². The number of aromatic nitrogens is 5. The molecule has 102 valence electrons. The van der Waals surface area contributed by atoms with Gasteiger partial charge in [-0.25, -0.2) is 13.4 Å². The Balaban J connectivity index is 2.14. The molecule has 0 aliphatic rings. The third-order valence-corrected chi connectivity index (χ3v) is 3.98. The van der Waals surface area contributed by atoms with E-state index in [0.717, 1.165) is 6.26 Å². The van der Waals surface area contributed by atoms with Crippen LogP contribution in [0.4, 0.5) is 0 Å². The summed E-state index contributed by atoms with van der Waals surface area (Å²) in [7, 11) is -3.23. The maximum Gasteiger partial charge on any atom is 0.224 e. The van der Waals surface area contributed by atoms with E-state index in [1.807, 2.05) is 0 Å². The van der Waals surface area contributed by atoms with Crippen molar-refractivity contribution in [3.8, 4) is 5.69 Å². The van der Waals surface area contributed by atoms with E-state index < -0.39 is 9.84 Å². The predicted molar refractivity (Wildman–Crippen MR) is 72.6 cm³/mol. The van der Waals surface area contributed by atoms with Gasteiger partial charge in [0.2, 0.25) is 5.28 Å². The number of benzene rings is 1. The van der Waals surface area contributed by atoms with Crippen LogP contribution in [0.15, 0.2) is 35.4 Å². The lowest BCUT2D eigenvalue weighted by Gasteiger charge is -2.03. The summed E-state index contributed by atoms with van der Waals surface area (Å²) in [6.07, 6.45) is 2.62. The summed E-state index contributed by atoms with van der Waals surface area (Å²) in [6, 6.07) is 6.25. The summed E-state index contributed by atoms with van der Waals surface area (Å²) in [4.78, 5) is 8.11. The van der Waals surface area contributed by atoms with Gasteiger partial charge in [0.1, 0.15) is 0 Å². The molecule has 3 aromatic rings. The lowest BCUT2D eigenvalue weighted by atomic mass is 10.3. The van der Waals surface area contributed by atoms with Crippen molar-refractivity contribution in [2.45, 2.75) is 4.90 Å². The summed E-state index contributed by atoms with van der Waals surface area (Å²) >= 11 is 5.75. The summed E-state index contributed by atoms with van der Waals surface area (Å²) < 4.78 is 24.3. The standard InChI is InChI=1S/C11H8ClN5O2S/c1-20(18,19)8-4-2-7(3-5-8)17-10-9(15-16-17)6-13-11(12)14-10/h2-6H,1H3. The highest BCUT2D eigenvalue weighted by molar-refractivity contribution is 7.90. The van der Waals surface area contributed by atoms with Gasteiger partial charge in [0.25, 0.3) is 0 Å². The highest BCUT2D eigenvalue weighted by Crippen LogP contribution is 2.17. The van der Waals surface area contributed by atoms with E-state index in [9.17, 15) is 8.42 Å². The first-order valence-corrected chi connectivity index (χ1v) is 7.76. The van der Waals surface area contributed by atoms with Gasteiger partial charge in [0.15, 0.2) is 21.0 Å². The van der Waals surface area contributed by atoms with Crippen molar-refractivity contribution >= 4 is 32.6 Å². The number of sulfone groups is 1. The lowest BCUT2D eigenvalue weighted by Crippen LogP contribution is -2.01. The van der Waals surface area contributed by atoms with Crippen molar-refractivity contribution < 1.29 is 8.42 Å². The largest absolute Gasteiger partial charge is 0.224 e. The fourth-order valence-electron chi connectivity index (χ4n) is 1.72. The van der Waals surface area contributed by atoms with Gasteiger partial charge in [0, 0.05) is 6.26 Å². The molecule has 1 aromatic carbocycles. The highest BCUT2D eigenvalue weighted by Gasteiger charge is 2.11. The van der Waals surface area contributed by atoms with Crippen LogP contribution in [0, 0.1) is 0 Å². The second kappa shape index (κ2) is 4.50. The first kappa shape index (κ1) is 12.9. The van der Waals surface area contributed by atoms with E-state index in [1.54, 1.807) is 12.1 Å². The fraction of sp³-hybridized carbons (Fsp3) is 0.0909. The Hall–Kier alpha value is -2.06. The fourth-order valence-corrected chi connectivity index (χ4v) is 2.48. The van der Waals surface area contributed by atoms with Crippen LogP contribution >= 0.6 is 11.6 Å². The van der Waals surface area contributed by atoms with Crippen LogP contribution in [0.2, 0.25) is 5.28 Å². The van der Waals surface area contributed by atoms with Crippen LogP contribution in [0.3, 0.4) is 0 Å². The molecule has 0 saturated heterocycles. The lowest BCUT2D eigenvalue weighted by molar-refractivity contribution is 0.602. The monoisotopic (exact) mass is 309 g/mol. The van der Waals surface area contributed by atoms with Gasteiger partial charge >= 0.3 is 0 Å². The Kier molecular flexibility index (Phi) is 2.91. The molecule has 2 heterocycles. The van der Waals surface area contributed by atoms with E-state index in [-0.39, 0.29) is 10.2 Å². The van der Waals surface area contributed by atoms with Gasteiger partial charge in [-0.15, -0.1) is 5.10 Å². The maximum atomic E-state index is 11.4. The number of hydrogen-bond donors (Lipinski definition) is 0. The molecule has 0 fully saturated rings. The van der Waals surface area contributed by atoms with E-state index >= 15 is 0 Å². The zero-order valence-electron chi connectivity index (χ0n) is 10.2. The molecule has 0 radical (unpaired) electrons. The number of halogens is 1. The minimum absolute atomic E-state index is 0.0915. The number of nitrogens with zero attached hydrogens (tertiary/aromatic N) is 5. The zero-order chi connectivity index (χ0) is 14.3. The van der Waals surface area contributed by atoms with Gasteiger partial charge in [-0.1, -0.05) is 5.21 Å². The van der Waals surface area contributed by atoms with Gasteiger partial charge < -0.3 is 0 Å². The highest BCUT2D eigenvalue weighted by atomic mass is 35.5. The molecule has 7 nitrogen and oxygen atoms in total. The molecule has 0 N–H and O–H groups in total. The van der Waals surface area contributed by atoms with Crippen molar-refractivity contribution in [3.63, 3.8) is 0 Å². The molecular weight excluding hydrogens is 302 g/mol. The van der Waals surface area contributed by atoms with Crippen LogP contribution in [-0.2, 0) is 9.84 Å². The van der Waals surface area contributed by atoms with E-state index in [1.165, 1.54) is 23.0 Å². The average molecular weight is 310 g/mol. The average Bonchev–Trinajstić information content (AvgIpc) is 2.81. The third-order valence-electron chi connectivity index (χ3n) is 2.67. The quantitative estimate of drug-likeness (QED) is 0.662. The smallest absolute Gasteiger partial charge is 0.224 e. The summed E-state index contributed by atoms with van der Waals surface area (Å²) in [5.74, 6) is 0. The molecule has 3 rings (SSSR count). The number of fused-ring (bicyclic) bond motifs is 1. The molecule has 0 bridgehead atoms. The van der Waals surface area contributed by atoms with Crippen molar-refractivity contribution in [1.29, 1.82) is 0 Å². The summed E-state index contributed by atoms with van der Waals surface area (Å²) in [6.45, 7) is 0. The SMILES string of the molecule is CS(=O)(=O)c1ccc(-n2nnc3cnc(Cl)nc32)cc1. The molecular formula is C11H8ClN5O2S. The van der Waals surface area contributed by atoms with E-state index in [0.29, 0.717) is 16.9 Å². The molecule has 0 unspecified atom stereocenters. The Morgan fingerprint density at radius 3 is 2.55 bits per heavy atom. The maximum absolute atomic E-state index is 11.4. The van der Waals surface area contributed by atoms with Crippen LogP contribution < -0.4 is 0 Å². The van der Waals surface area contributed by atoms with Gasteiger partial charge in [-0.2, -0.15) is 9.67 Å². The Morgan fingerprint density at radius 2 is 1.90 bits per heavy atom. The first-order valence-electron chi connectivity index (χ1n) is 5.49. The minimum Gasteiger partial charge on any atom is -0.224 e. The van der Waals surface area contributed by atoms with E-state index in [4.69, 9.17) is 11.6 Å². The predicted octanol–water partition coefficient (Wildman–Crippen LogP) is 1.27. The van der Waals surface area contributed by atoms with Crippen LogP contribution in [-0.4, -0.2) is 39.6 Å². The summed E-state index contributed by atoms with van der Waals surface area (Å²) in [5, 5.41) is 7.96. The third kappa shape index (κ3) is 2.23. The molecule has 0 amide bonds.